The summed E-state index contributed by atoms with van der Waals surface area (Å²) >= 11 is 5.69. The van der Waals surface area contributed by atoms with Crippen LogP contribution >= 0.6 is 11.6 Å². The third-order valence-corrected chi connectivity index (χ3v) is 2.86. The highest BCUT2D eigenvalue weighted by atomic mass is 35.5. The number of ether oxygens (including phenoxy) is 2. The highest BCUT2D eigenvalue weighted by Crippen LogP contribution is 2.06. The normalized spacial score (nSPS) is 10.4. The fourth-order valence-electron chi connectivity index (χ4n) is 1.47. The maximum absolute atomic E-state index is 11.8. The summed E-state index contributed by atoms with van der Waals surface area (Å²) in [5, 5.41) is 2.84. The molecule has 0 aliphatic carbocycles. The van der Waals surface area contributed by atoms with Gasteiger partial charge >= 0.3 is 0 Å². The third kappa shape index (κ3) is 6.57. The van der Waals surface area contributed by atoms with Gasteiger partial charge < -0.3 is 14.8 Å². The largest absolute Gasteiger partial charge is 0.382 e. The third-order valence-electron chi connectivity index (χ3n) is 2.55. The number of benzene rings is 1. The minimum atomic E-state index is -0.0713. The van der Waals surface area contributed by atoms with Gasteiger partial charge in [-0.15, -0.1) is 11.6 Å². The van der Waals surface area contributed by atoms with Crippen LogP contribution in [0.2, 0.25) is 0 Å². The molecule has 0 aromatic heterocycles. The molecule has 1 rings (SSSR count). The predicted molar refractivity (Wildman–Crippen MR) is 75.6 cm³/mol. The number of alkyl halides is 1. The van der Waals surface area contributed by atoms with E-state index in [1.54, 1.807) is 19.2 Å². The fourth-order valence-corrected chi connectivity index (χ4v) is 1.65. The second kappa shape index (κ2) is 9.78. The van der Waals surface area contributed by atoms with Gasteiger partial charge in [0.15, 0.2) is 0 Å². The summed E-state index contributed by atoms with van der Waals surface area (Å²) in [6.45, 7) is 2.40. The number of carbonyl (C=O) groups is 1. The smallest absolute Gasteiger partial charge is 0.251 e. The van der Waals surface area contributed by atoms with E-state index in [0.717, 1.165) is 12.0 Å². The van der Waals surface area contributed by atoms with E-state index in [0.29, 0.717) is 37.8 Å². The molecule has 5 heteroatoms. The van der Waals surface area contributed by atoms with Gasteiger partial charge in [0.2, 0.25) is 0 Å². The van der Waals surface area contributed by atoms with Gasteiger partial charge in [0.05, 0.1) is 13.2 Å². The number of hydrogen-bond acceptors (Lipinski definition) is 3. The molecule has 0 aliphatic rings. The highest BCUT2D eigenvalue weighted by Gasteiger charge is 2.04. The van der Waals surface area contributed by atoms with Crippen molar-refractivity contribution in [1.29, 1.82) is 0 Å². The Balaban J connectivity index is 2.16. The van der Waals surface area contributed by atoms with Crippen molar-refractivity contribution >= 4 is 17.5 Å². The Labute approximate surface area is 119 Å². The zero-order chi connectivity index (χ0) is 13.9. The molecule has 1 aromatic rings. The van der Waals surface area contributed by atoms with Crippen molar-refractivity contribution in [2.45, 2.75) is 12.3 Å². The Morgan fingerprint density at radius 1 is 1.21 bits per heavy atom. The van der Waals surface area contributed by atoms with Crippen LogP contribution in [-0.2, 0) is 15.4 Å². The van der Waals surface area contributed by atoms with Crippen molar-refractivity contribution in [1.82, 2.24) is 5.32 Å². The molecule has 0 spiro atoms. The van der Waals surface area contributed by atoms with E-state index in [1.807, 2.05) is 12.1 Å². The molecule has 106 valence electrons. The zero-order valence-electron chi connectivity index (χ0n) is 11.2. The minimum absolute atomic E-state index is 0.0713. The topological polar surface area (TPSA) is 47.6 Å². The van der Waals surface area contributed by atoms with Crippen molar-refractivity contribution in [3.8, 4) is 0 Å². The van der Waals surface area contributed by atoms with E-state index in [-0.39, 0.29) is 5.91 Å². The highest BCUT2D eigenvalue weighted by molar-refractivity contribution is 6.17. The van der Waals surface area contributed by atoms with Crippen LogP contribution in [0.1, 0.15) is 22.3 Å². The lowest BCUT2D eigenvalue weighted by molar-refractivity contribution is 0.0688. The lowest BCUT2D eigenvalue weighted by atomic mass is 10.1. The standard InChI is InChI=1S/C14H20ClNO3/c1-18-9-10-19-8-2-7-16-14(17)13-5-3-12(11-15)4-6-13/h3-6H,2,7-11H2,1H3,(H,16,17). The molecular formula is C14H20ClNO3. The van der Waals surface area contributed by atoms with Crippen molar-refractivity contribution in [3.05, 3.63) is 35.4 Å². The number of halogens is 1. The molecule has 0 radical (unpaired) electrons. The van der Waals surface area contributed by atoms with Crippen molar-refractivity contribution in [3.63, 3.8) is 0 Å². The molecule has 0 saturated heterocycles. The average Bonchev–Trinajstić information content (AvgIpc) is 2.46. The SMILES string of the molecule is COCCOCCCNC(=O)c1ccc(CCl)cc1. The quantitative estimate of drug-likeness (QED) is 0.559. The molecule has 4 nitrogen and oxygen atoms in total. The number of amides is 1. The summed E-state index contributed by atoms with van der Waals surface area (Å²) in [7, 11) is 1.64. The molecule has 0 fully saturated rings. The number of carbonyl (C=O) groups excluding carboxylic acids is 1. The Morgan fingerprint density at radius 3 is 2.58 bits per heavy atom. The first-order chi connectivity index (χ1) is 9.27. The molecule has 0 aliphatic heterocycles. The summed E-state index contributed by atoms with van der Waals surface area (Å²) in [5.74, 6) is 0.388. The molecule has 0 saturated carbocycles. The number of rotatable bonds is 9. The van der Waals surface area contributed by atoms with Gasteiger partial charge in [-0.05, 0) is 24.1 Å². The molecule has 1 N–H and O–H groups in total. The van der Waals surface area contributed by atoms with Crippen LogP contribution in [0, 0.1) is 0 Å². The van der Waals surface area contributed by atoms with E-state index in [9.17, 15) is 4.79 Å². The number of methoxy groups -OCH3 is 1. The number of nitrogens with one attached hydrogen (secondary N) is 1. The zero-order valence-corrected chi connectivity index (χ0v) is 11.9. The van der Waals surface area contributed by atoms with Crippen LogP contribution < -0.4 is 5.32 Å². The molecule has 0 unspecified atom stereocenters. The van der Waals surface area contributed by atoms with Crippen LogP contribution in [0.4, 0.5) is 0 Å². The Kier molecular flexibility index (Phi) is 8.21. The van der Waals surface area contributed by atoms with E-state index in [4.69, 9.17) is 21.1 Å². The Hall–Kier alpha value is -1.10. The molecule has 19 heavy (non-hydrogen) atoms. The molecule has 0 atom stereocenters. The van der Waals surface area contributed by atoms with E-state index < -0.39 is 0 Å². The molecule has 0 bridgehead atoms. The second-order valence-electron chi connectivity index (χ2n) is 4.05. The van der Waals surface area contributed by atoms with Gasteiger partial charge in [-0.25, -0.2) is 0 Å². The van der Waals surface area contributed by atoms with E-state index in [1.165, 1.54) is 0 Å². The maximum atomic E-state index is 11.8. The van der Waals surface area contributed by atoms with Crippen LogP contribution in [0.5, 0.6) is 0 Å². The Bertz CT molecular complexity index is 367. The van der Waals surface area contributed by atoms with Gasteiger partial charge in [-0.2, -0.15) is 0 Å². The van der Waals surface area contributed by atoms with Crippen LogP contribution in [0.3, 0.4) is 0 Å². The summed E-state index contributed by atoms with van der Waals surface area (Å²) < 4.78 is 10.2. The molecular weight excluding hydrogens is 266 g/mol. The van der Waals surface area contributed by atoms with Gasteiger partial charge in [-0.1, -0.05) is 12.1 Å². The first kappa shape index (κ1) is 16.0. The summed E-state index contributed by atoms with van der Waals surface area (Å²) in [6.07, 6.45) is 0.787. The lowest BCUT2D eigenvalue weighted by Crippen LogP contribution is -2.25. The second-order valence-corrected chi connectivity index (χ2v) is 4.31. The summed E-state index contributed by atoms with van der Waals surface area (Å²) in [6, 6.07) is 7.27. The minimum Gasteiger partial charge on any atom is -0.382 e. The molecule has 0 heterocycles. The first-order valence-electron chi connectivity index (χ1n) is 6.27. The monoisotopic (exact) mass is 285 g/mol. The average molecular weight is 286 g/mol. The Morgan fingerprint density at radius 2 is 1.95 bits per heavy atom. The summed E-state index contributed by atoms with van der Waals surface area (Å²) in [5.41, 5.74) is 1.65. The summed E-state index contributed by atoms with van der Waals surface area (Å²) in [4.78, 5) is 11.8. The van der Waals surface area contributed by atoms with Gasteiger partial charge in [0.1, 0.15) is 0 Å². The van der Waals surface area contributed by atoms with Gasteiger partial charge in [-0.3, -0.25) is 4.79 Å². The lowest BCUT2D eigenvalue weighted by Gasteiger charge is -2.06. The van der Waals surface area contributed by atoms with Crippen LogP contribution in [0.15, 0.2) is 24.3 Å². The predicted octanol–water partition coefficient (Wildman–Crippen LogP) is 2.21. The van der Waals surface area contributed by atoms with Crippen molar-refractivity contribution in [2.24, 2.45) is 0 Å². The van der Waals surface area contributed by atoms with Crippen LogP contribution in [-0.4, -0.2) is 39.4 Å². The van der Waals surface area contributed by atoms with Crippen LogP contribution in [0.25, 0.3) is 0 Å². The van der Waals surface area contributed by atoms with Gasteiger partial charge in [0, 0.05) is 31.7 Å². The van der Waals surface area contributed by atoms with E-state index >= 15 is 0 Å². The maximum Gasteiger partial charge on any atom is 0.251 e. The number of hydrogen-bond donors (Lipinski definition) is 1. The van der Waals surface area contributed by atoms with E-state index in [2.05, 4.69) is 5.32 Å². The van der Waals surface area contributed by atoms with Crippen molar-refractivity contribution < 1.29 is 14.3 Å². The molecule has 1 aromatic carbocycles. The fraction of sp³-hybridized carbons (Fsp3) is 0.500. The van der Waals surface area contributed by atoms with Crippen molar-refractivity contribution in [2.75, 3.05) is 33.5 Å². The van der Waals surface area contributed by atoms with Gasteiger partial charge in [0.25, 0.3) is 5.91 Å². The molecule has 1 amide bonds. The first-order valence-corrected chi connectivity index (χ1v) is 6.81.